The molecule has 1 unspecified atom stereocenters. The van der Waals surface area contributed by atoms with Crippen LogP contribution in [0.5, 0.6) is 34.5 Å². The Morgan fingerprint density at radius 1 is 0.895 bits per heavy atom. The Labute approximate surface area is 221 Å². The molecule has 0 radical (unpaired) electrons. The van der Waals surface area contributed by atoms with Gasteiger partial charge < -0.3 is 43.4 Å². The minimum Gasteiger partial charge on any atom is -0.493 e. The van der Waals surface area contributed by atoms with Crippen LogP contribution in [0, 0.1) is 11.8 Å². The Kier molecular flexibility index (Phi) is 6.30. The van der Waals surface area contributed by atoms with Gasteiger partial charge in [-0.05, 0) is 43.9 Å². The molecule has 0 saturated heterocycles. The molecule has 2 heterocycles. The van der Waals surface area contributed by atoms with Crippen molar-refractivity contribution in [2.24, 2.45) is 11.8 Å². The molecule has 0 fully saturated rings. The van der Waals surface area contributed by atoms with Crippen molar-refractivity contribution in [3.63, 3.8) is 0 Å². The van der Waals surface area contributed by atoms with Crippen LogP contribution in [0.1, 0.15) is 44.9 Å². The maximum absolute atomic E-state index is 13.5. The molecule has 0 saturated carbocycles. The minimum absolute atomic E-state index is 0.00920. The molecule has 1 aliphatic carbocycles. The van der Waals surface area contributed by atoms with Gasteiger partial charge in [0.15, 0.2) is 34.7 Å². The molecule has 2 bridgehead atoms. The van der Waals surface area contributed by atoms with Crippen LogP contribution < -0.4 is 28.4 Å². The van der Waals surface area contributed by atoms with E-state index in [1.807, 2.05) is 13.0 Å². The topological polar surface area (TPSA) is 122 Å². The SMILES string of the molecule is COc1cc2c(c(OC)c1OC)-c1c3cc4c(c1OC[C@@H](C)[C@](C)(O)C(=O)OC2[C@@](C)(O)[C@@H](C)C3)OCO4. The Morgan fingerprint density at radius 2 is 1.61 bits per heavy atom. The van der Waals surface area contributed by atoms with E-state index < -0.39 is 35.1 Å². The summed E-state index contributed by atoms with van der Waals surface area (Å²) < 4.78 is 41.2. The molecule has 3 aliphatic rings. The van der Waals surface area contributed by atoms with Crippen molar-refractivity contribution in [2.45, 2.75) is 51.4 Å². The van der Waals surface area contributed by atoms with Crippen LogP contribution in [0.15, 0.2) is 12.1 Å². The zero-order chi connectivity index (χ0) is 27.6. The fourth-order valence-corrected chi connectivity index (χ4v) is 5.37. The van der Waals surface area contributed by atoms with Gasteiger partial charge in [0.25, 0.3) is 0 Å². The van der Waals surface area contributed by atoms with Crippen LogP contribution in [0.3, 0.4) is 0 Å². The largest absolute Gasteiger partial charge is 0.493 e. The van der Waals surface area contributed by atoms with E-state index in [0.717, 1.165) is 5.56 Å². The Hall–Kier alpha value is -3.37. The van der Waals surface area contributed by atoms with Crippen molar-refractivity contribution in [3.05, 3.63) is 23.3 Å². The summed E-state index contributed by atoms with van der Waals surface area (Å²) in [6.07, 6.45) is -0.830. The monoisotopic (exact) mass is 530 g/mol. The first-order chi connectivity index (χ1) is 18.0. The van der Waals surface area contributed by atoms with Crippen molar-refractivity contribution in [3.8, 4) is 45.6 Å². The van der Waals surface area contributed by atoms with Gasteiger partial charge in [-0.25, -0.2) is 4.79 Å². The summed E-state index contributed by atoms with van der Waals surface area (Å²) >= 11 is 0. The molecule has 5 atom stereocenters. The molecule has 0 amide bonds. The first-order valence-corrected chi connectivity index (χ1v) is 12.5. The number of fused-ring (bicyclic) bond motifs is 2. The van der Waals surface area contributed by atoms with Crippen molar-refractivity contribution in [2.75, 3.05) is 34.7 Å². The number of rotatable bonds is 3. The third-order valence-electron chi connectivity index (χ3n) is 8.22. The lowest BCUT2D eigenvalue weighted by Gasteiger charge is -2.41. The van der Waals surface area contributed by atoms with Crippen molar-refractivity contribution in [1.29, 1.82) is 0 Å². The lowest BCUT2D eigenvalue weighted by Crippen LogP contribution is -2.49. The van der Waals surface area contributed by atoms with Gasteiger partial charge in [0, 0.05) is 22.6 Å². The Balaban J connectivity index is 1.98. The highest BCUT2D eigenvalue weighted by Crippen LogP contribution is 2.59. The van der Waals surface area contributed by atoms with Gasteiger partial charge in [0.2, 0.25) is 18.3 Å². The number of hydrogen-bond donors (Lipinski definition) is 2. The number of aliphatic hydroxyl groups is 2. The molecular formula is C28H34O10. The third kappa shape index (κ3) is 3.72. The Bertz CT molecular complexity index is 1280. The average molecular weight is 531 g/mol. The fraction of sp³-hybridized carbons (Fsp3) is 0.536. The number of hydrogen-bond acceptors (Lipinski definition) is 10. The molecule has 206 valence electrons. The molecule has 5 rings (SSSR count). The van der Waals surface area contributed by atoms with E-state index in [9.17, 15) is 15.0 Å². The highest BCUT2D eigenvalue weighted by atomic mass is 16.7. The van der Waals surface area contributed by atoms with E-state index in [2.05, 4.69) is 0 Å². The zero-order valence-electron chi connectivity index (χ0n) is 22.7. The molecule has 10 heteroatoms. The fourth-order valence-electron chi connectivity index (χ4n) is 5.37. The van der Waals surface area contributed by atoms with Gasteiger partial charge in [-0.2, -0.15) is 0 Å². The predicted molar refractivity (Wildman–Crippen MR) is 135 cm³/mol. The molecule has 2 aromatic rings. The van der Waals surface area contributed by atoms with Crippen LogP contribution >= 0.6 is 0 Å². The normalized spacial score (nSPS) is 29.7. The van der Waals surface area contributed by atoms with Crippen LogP contribution in [0.25, 0.3) is 11.1 Å². The number of carbonyl (C=O) groups excluding carboxylic acids is 1. The van der Waals surface area contributed by atoms with Gasteiger partial charge in [0.05, 0.1) is 27.9 Å². The second-order valence-corrected chi connectivity index (χ2v) is 10.6. The maximum atomic E-state index is 13.5. The van der Waals surface area contributed by atoms with E-state index >= 15 is 0 Å². The first kappa shape index (κ1) is 26.2. The molecule has 2 N–H and O–H groups in total. The summed E-state index contributed by atoms with van der Waals surface area (Å²) in [7, 11) is 4.47. The predicted octanol–water partition coefficient (Wildman–Crippen LogP) is 3.42. The highest BCUT2D eigenvalue weighted by Gasteiger charge is 2.50. The van der Waals surface area contributed by atoms with Crippen LogP contribution in [0.2, 0.25) is 0 Å². The molecule has 0 spiro atoms. The smallest absolute Gasteiger partial charge is 0.338 e. The van der Waals surface area contributed by atoms with Gasteiger partial charge >= 0.3 is 5.97 Å². The number of ether oxygens (including phenoxy) is 7. The van der Waals surface area contributed by atoms with E-state index in [1.54, 1.807) is 19.9 Å². The van der Waals surface area contributed by atoms with Gasteiger partial charge in [-0.1, -0.05) is 13.8 Å². The quantitative estimate of drug-likeness (QED) is 0.571. The molecule has 0 aromatic heterocycles. The number of esters is 1. The summed E-state index contributed by atoms with van der Waals surface area (Å²) in [6, 6.07) is 3.54. The first-order valence-electron chi connectivity index (χ1n) is 12.5. The van der Waals surface area contributed by atoms with E-state index in [4.69, 9.17) is 33.2 Å². The summed E-state index contributed by atoms with van der Waals surface area (Å²) in [5.74, 6) is 0.241. The van der Waals surface area contributed by atoms with Crippen molar-refractivity contribution >= 4 is 5.97 Å². The highest BCUT2D eigenvalue weighted by molar-refractivity contribution is 5.89. The maximum Gasteiger partial charge on any atom is 0.338 e. The van der Waals surface area contributed by atoms with Crippen LogP contribution in [-0.4, -0.2) is 62.1 Å². The third-order valence-corrected chi connectivity index (χ3v) is 8.22. The van der Waals surface area contributed by atoms with Gasteiger partial charge in [-0.3, -0.25) is 0 Å². The lowest BCUT2D eigenvalue weighted by molar-refractivity contribution is -0.194. The number of carbonyl (C=O) groups is 1. The van der Waals surface area contributed by atoms with E-state index in [1.165, 1.54) is 28.3 Å². The average Bonchev–Trinajstić information content (AvgIpc) is 3.35. The zero-order valence-corrected chi connectivity index (χ0v) is 22.7. The Morgan fingerprint density at radius 3 is 2.26 bits per heavy atom. The molecule has 38 heavy (non-hydrogen) atoms. The van der Waals surface area contributed by atoms with Gasteiger partial charge in [-0.15, -0.1) is 0 Å². The number of benzene rings is 2. The standard InChI is InChI=1S/C28H34O10/c1-13-8-15-9-18-22(37-12-36-18)24-19(15)20-16(10-17(32-5)21(33-6)23(20)34-7)25(27(13,3)30)38-26(29)28(4,31)14(2)11-35-24/h9-10,13-14,25,30-31H,8,11-12H2,1-7H3/t13-,14+,25?,27-,28-/m0/s1. The van der Waals surface area contributed by atoms with E-state index in [0.29, 0.717) is 57.6 Å². The van der Waals surface area contributed by atoms with Gasteiger partial charge in [0.1, 0.15) is 5.60 Å². The summed E-state index contributed by atoms with van der Waals surface area (Å²) in [5.41, 5.74) is -1.15. The van der Waals surface area contributed by atoms with Crippen molar-refractivity contribution in [1.82, 2.24) is 0 Å². The van der Waals surface area contributed by atoms with Crippen molar-refractivity contribution < 1.29 is 48.2 Å². The summed E-state index contributed by atoms with van der Waals surface area (Å²) in [4.78, 5) is 13.5. The summed E-state index contributed by atoms with van der Waals surface area (Å²) in [5, 5.41) is 23.3. The van der Waals surface area contributed by atoms with Crippen LogP contribution in [0.4, 0.5) is 0 Å². The van der Waals surface area contributed by atoms with Crippen LogP contribution in [-0.2, 0) is 16.0 Å². The number of methoxy groups -OCH3 is 3. The molecular weight excluding hydrogens is 496 g/mol. The lowest BCUT2D eigenvalue weighted by atomic mass is 9.73. The molecule has 2 aromatic carbocycles. The second kappa shape index (κ2) is 9.13. The summed E-state index contributed by atoms with van der Waals surface area (Å²) in [6.45, 7) is 6.54. The minimum atomic E-state index is -1.92. The van der Waals surface area contributed by atoms with E-state index in [-0.39, 0.29) is 13.4 Å². The second-order valence-electron chi connectivity index (χ2n) is 10.6. The molecule has 10 nitrogen and oxygen atoms in total. The molecule has 2 aliphatic heterocycles.